The van der Waals surface area contributed by atoms with Gasteiger partial charge in [0, 0.05) is 24.7 Å². The van der Waals surface area contributed by atoms with Crippen LogP contribution < -0.4 is 4.90 Å². The summed E-state index contributed by atoms with van der Waals surface area (Å²) in [6.45, 7) is 0.755. The first-order valence-electron chi connectivity index (χ1n) is 5.78. The van der Waals surface area contributed by atoms with Crippen molar-refractivity contribution in [1.29, 1.82) is 0 Å². The maximum atomic E-state index is 13.8. The number of hydrogen-bond donors (Lipinski definition) is 0. The summed E-state index contributed by atoms with van der Waals surface area (Å²) in [7, 11) is 0. The molecule has 0 bridgehead atoms. The number of anilines is 1. The first-order chi connectivity index (χ1) is 8.79. The summed E-state index contributed by atoms with van der Waals surface area (Å²) in [5.74, 6) is 0.0631. The zero-order valence-electron chi connectivity index (χ0n) is 9.61. The summed E-state index contributed by atoms with van der Waals surface area (Å²) in [6, 6.07) is 1.74. The first-order valence-corrected chi connectivity index (χ1v) is 5.78. The highest BCUT2D eigenvalue weighted by Gasteiger charge is 2.30. The van der Waals surface area contributed by atoms with Gasteiger partial charge in [-0.15, -0.1) is 0 Å². The van der Waals surface area contributed by atoms with E-state index < -0.39 is 12.1 Å². The van der Waals surface area contributed by atoms with Crippen LogP contribution in [0.3, 0.4) is 0 Å². The molecule has 0 spiro atoms. The fourth-order valence-corrected chi connectivity index (χ4v) is 2.22. The molecule has 1 fully saturated rings. The highest BCUT2D eigenvalue weighted by Crippen LogP contribution is 2.22. The average molecular weight is 249 g/mol. The van der Waals surface area contributed by atoms with Gasteiger partial charge in [0.15, 0.2) is 5.65 Å². The van der Waals surface area contributed by atoms with Crippen molar-refractivity contribution in [1.82, 2.24) is 19.6 Å². The molecule has 0 radical (unpaired) electrons. The number of aromatic nitrogens is 4. The van der Waals surface area contributed by atoms with E-state index in [2.05, 4.69) is 15.1 Å². The molecule has 3 heterocycles. The van der Waals surface area contributed by atoms with E-state index in [4.69, 9.17) is 0 Å². The van der Waals surface area contributed by atoms with Gasteiger partial charge in [-0.25, -0.2) is 14.4 Å². The average Bonchev–Trinajstić information content (AvgIpc) is 2.86. The molecule has 18 heavy (non-hydrogen) atoms. The Kier molecular flexibility index (Phi) is 2.66. The number of rotatable bonds is 2. The predicted octanol–water partition coefficient (Wildman–Crippen LogP) is 0.488. The second-order valence-corrected chi connectivity index (χ2v) is 4.33. The molecule has 94 valence electrons. The zero-order valence-corrected chi connectivity index (χ0v) is 9.61. The molecule has 1 saturated heterocycles. The molecule has 7 heteroatoms. The minimum Gasteiger partial charge on any atom is -0.338 e. The second-order valence-electron chi connectivity index (χ2n) is 4.33. The van der Waals surface area contributed by atoms with Crippen LogP contribution in [0.5, 0.6) is 0 Å². The molecule has 3 rings (SSSR count). The molecule has 1 aliphatic rings. The number of hydrogen-bond acceptors (Lipinski definition) is 5. The van der Waals surface area contributed by atoms with Crippen molar-refractivity contribution in [2.75, 3.05) is 18.0 Å². The van der Waals surface area contributed by atoms with Crippen molar-refractivity contribution >= 4 is 17.9 Å². The van der Waals surface area contributed by atoms with Crippen molar-refractivity contribution in [3.63, 3.8) is 0 Å². The van der Waals surface area contributed by atoms with Gasteiger partial charge in [0.05, 0.1) is 6.54 Å². The fourth-order valence-electron chi connectivity index (χ4n) is 2.22. The lowest BCUT2D eigenvalue weighted by Gasteiger charge is -2.32. The van der Waals surface area contributed by atoms with Crippen molar-refractivity contribution in [3.05, 3.63) is 18.6 Å². The first kappa shape index (κ1) is 11.1. The molecule has 2 aromatic heterocycles. The second kappa shape index (κ2) is 4.32. The van der Waals surface area contributed by atoms with Crippen LogP contribution in [0, 0.1) is 5.92 Å². The number of nitrogens with zero attached hydrogens (tertiary/aromatic N) is 5. The monoisotopic (exact) mass is 249 g/mol. The van der Waals surface area contributed by atoms with Crippen LogP contribution in [0.4, 0.5) is 10.3 Å². The number of aldehydes is 1. The summed E-state index contributed by atoms with van der Waals surface area (Å²) in [5.41, 5.74) is 0.674. The molecular weight excluding hydrogens is 237 g/mol. The summed E-state index contributed by atoms with van der Waals surface area (Å²) in [6.07, 6.45) is 3.10. The van der Waals surface area contributed by atoms with Gasteiger partial charge in [0.1, 0.15) is 18.8 Å². The van der Waals surface area contributed by atoms with Crippen LogP contribution in [0.2, 0.25) is 0 Å². The zero-order chi connectivity index (χ0) is 12.5. The topological polar surface area (TPSA) is 63.4 Å². The number of carbonyl (C=O) groups excluding carboxylic acids is 1. The maximum absolute atomic E-state index is 13.8. The summed E-state index contributed by atoms with van der Waals surface area (Å²) >= 11 is 0. The Morgan fingerprint density at radius 2 is 2.33 bits per heavy atom. The smallest absolute Gasteiger partial charge is 0.228 e. The minimum absolute atomic E-state index is 0.162. The molecule has 1 aliphatic heterocycles. The van der Waals surface area contributed by atoms with E-state index in [1.54, 1.807) is 21.7 Å². The van der Waals surface area contributed by atoms with Crippen LogP contribution in [-0.4, -0.2) is 45.1 Å². The van der Waals surface area contributed by atoms with Crippen LogP contribution in [0.1, 0.15) is 6.42 Å². The van der Waals surface area contributed by atoms with Gasteiger partial charge in [-0.05, 0) is 6.42 Å². The van der Waals surface area contributed by atoms with Crippen molar-refractivity contribution in [2.24, 2.45) is 5.92 Å². The molecule has 6 nitrogen and oxygen atoms in total. The number of halogens is 1. The predicted molar refractivity (Wildman–Crippen MR) is 62.1 cm³/mol. The van der Waals surface area contributed by atoms with Gasteiger partial charge in [-0.3, -0.25) is 0 Å². The molecule has 0 aromatic carbocycles. The third kappa shape index (κ3) is 1.71. The van der Waals surface area contributed by atoms with E-state index in [0.717, 1.165) is 0 Å². The summed E-state index contributed by atoms with van der Waals surface area (Å²) < 4.78 is 15.3. The standard InChI is InChI=1S/C11H12FN5O/c12-9-5-16(4-2-8(9)6-18)11-13-3-1-10-14-7-15-17(10)11/h1,3,6-9H,2,4-5H2/t8-,9+/m0/s1. The molecule has 2 atom stereocenters. The van der Waals surface area contributed by atoms with Crippen LogP contribution in [0.15, 0.2) is 18.6 Å². The SMILES string of the molecule is O=C[C@@H]1CCN(c2nccc3ncnn23)C[C@H]1F. The van der Waals surface area contributed by atoms with Gasteiger partial charge >= 0.3 is 0 Å². The van der Waals surface area contributed by atoms with Crippen LogP contribution >= 0.6 is 0 Å². The Labute approximate surface area is 102 Å². The van der Waals surface area contributed by atoms with Crippen molar-refractivity contribution in [3.8, 4) is 0 Å². The summed E-state index contributed by atoms with van der Waals surface area (Å²) in [5, 5.41) is 4.07. The van der Waals surface area contributed by atoms with Crippen molar-refractivity contribution < 1.29 is 9.18 Å². The van der Waals surface area contributed by atoms with Gasteiger partial charge in [-0.1, -0.05) is 0 Å². The van der Waals surface area contributed by atoms with Gasteiger partial charge in [-0.2, -0.15) is 9.61 Å². The molecule has 2 aromatic rings. The number of alkyl halides is 1. The highest BCUT2D eigenvalue weighted by atomic mass is 19.1. The fraction of sp³-hybridized carbons (Fsp3) is 0.455. The Morgan fingerprint density at radius 3 is 3.11 bits per heavy atom. The Hall–Kier alpha value is -2.05. The lowest BCUT2D eigenvalue weighted by atomic mass is 9.97. The number of carbonyl (C=O) groups is 1. The lowest BCUT2D eigenvalue weighted by Crippen LogP contribution is -2.43. The van der Waals surface area contributed by atoms with Gasteiger partial charge < -0.3 is 9.69 Å². The Morgan fingerprint density at radius 1 is 1.44 bits per heavy atom. The van der Waals surface area contributed by atoms with Crippen molar-refractivity contribution in [2.45, 2.75) is 12.6 Å². The van der Waals surface area contributed by atoms with Crippen LogP contribution in [-0.2, 0) is 4.79 Å². The Bertz CT molecular complexity index is 571. The summed E-state index contributed by atoms with van der Waals surface area (Å²) in [4.78, 5) is 20.8. The molecule has 0 amide bonds. The lowest BCUT2D eigenvalue weighted by molar-refractivity contribution is -0.113. The number of piperidine rings is 1. The Balaban J connectivity index is 1.91. The molecule has 0 aliphatic carbocycles. The van der Waals surface area contributed by atoms with E-state index in [-0.39, 0.29) is 6.54 Å². The van der Waals surface area contributed by atoms with E-state index in [9.17, 15) is 9.18 Å². The van der Waals surface area contributed by atoms with E-state index >= 15 is 0 Å². The highest BCUT2D eigenvalue weighted by molar-refractivity contribution is 5.56. The quantitative estimate of drug-likeness (QED) is 0.725. The van der Waals surface area contributed by atoms with E-state index in [1.165, 1.54) is 6.33 Å². The molecule has 0 N–H and O–H groups in total. The maximum Gasteiger partial charge on any atom is 0.228 e. The third-order valence-electron chi connectivity index (χ3n) is 3.23. The minimum atomic E-state index is -1.16. The number of fused-ring (bicyclic) bond motifs is 1. The molecule has 0 saturated carbocycles. The third-order valence-corrected chi connectivity index (χ3v) is 3.23. The van der Waals surface area contributed by atoms with Crippen LogP contribution in [0.25, 0.3) is 5.65 Å². The van der Waals surface area contributed by atoms with Gasteiger partial charge in [0.2, 0.25) is 5.95 Å². The molecular formula is C11H12FN5O. The van der Waals surface area contributed by atoms with Gasteiger partial charge in [0.25, 0.3) is 0 Å². The largest absolute Gasteiger partial charge is 0.338 e. The molecule has 0 unspecified atom stereocenters. The van der Waals surface area contributed by atoms with E-state index in [0.29, 0.717) is 30.8 Å². The van der Waals surface area contributed by atoms with E-state index in [1.807, 2.05) is 0 Å². The normalized spacial score (nSPS) is 24.4.